The number of sulfonamides is 4. The summed E-state index contributed by atoms with van der Waals surface area (Å²) in [4.78, 5) is -0.0723. The SMILES string of the molecule is CC.CN.CN.CNN.Cc1c(N)cc(-c2cc(N)c(O)c(N)c2)cc1N.Cc1cc(N)cc(S(=O)(=O)N(C)CCN(C)S(=O)(=O)c2cc(N)cc(N)c2)c1.Cc1cc(N)cc(S(=O)(=O)NCCNS(=O)(=O)c2cc(N)cc(N)c2)c1.Cc1cc2c(cc1O)C1(CC2(C)C)CC(C)(C)c2cc(N)c(O)cc21.c1ccc2ccccc2c1. The zero-order valence-electron chi connectivity index (χ0n) is 68.6. The molecule has 10 aromatic carbocycles. The standard InChI is InChI=1S/C22H27NO2.C17H25N5O4S2.C15H21N5O4S2.C13H16N4O.C10H8.C2H6.CH6N2.2CH5N/c1-12-6-13-15(8-18(12)24)22(10-20(13,2)3)11-21(4,5)14-7-17(23)19(25)9-16(14)22;1-12-6-13(18)9-16(7-12)27(23,24)21(2)4-5-22(3)28(25,26)17-10-14(19)8-15(20)11-17;1-10-4-11(16)7-14(5-10)25(21,22)19-2-3-20-26(23,24)15-8-12(17)6-13(18)9-15;1-6-9(14)2-7(3-10(6)15)8-4-11(16)13(18)12(17)5-8;1-2-6-10-8-4-3-7-9(10)5-1;1-2;1-3-2;2*1-2/h6-9,24-25H,10-11,23H2,1-5H3;6-11H,4-5,18-20H2,1-3H3;4-9,19-20H,2-3,16-18H2,1H3;2-5,18H,14-17H2,1H3;1-8H;1-2H3;3H,2H2,1H3;2*2H2,1H3. The quantitative estimate of drug-likeness (QED) is 0.0149. The maximum Gasteiger partial charge on any atom is 0.243 e. The van der Waals surface area contributed by atoms with E-state index in [1.54, 1.807) is 57.3 Å². The van der Waals surface area contributed by atoms with Crippen LogP contribution < -0.4 is 95.3 Å². The summed E-state index contributed by atoms with van der Waals surface area (Å²) in [6.07, 6.45) is 1.93. The van der Waals surface area contributed by atoms with Gasteiger partial charge in [0, 0.05) is 91.2 Å². The molecule has 0 bridgehead atoms. The van der Waals surface area contributed by atoms with Crippen LogP contribution in [0.1, 0.15) is 98.9 Å². The van der Waals surface area contributed by atoms with Gasteiger partial charge in [0.15, 0.2) is 5.75 Å². The minimum Gasteiger partial charge on any atom is -0.508 e. The predicted octanol–water partition coefficient (Wildman–Crippen LogP) is 9.11. The third kappa shape index (κ3) is 24.6. The van der Waals surface area contributed by atoms with Crippen LogP contribution in [-0.4, -0.2) is 119 Å². The molecule has 10 aromatic rings. The Balaban J connectivity index is 0.000000304. The molecule has 2 aliphatic rings. The van der Waals surface area contributed by atoms with E-state index in [0.29, 0.717) is 45.3 Å². The van der Waals surface area contributed by atoms with E-state index < -0.39 is 40.1 Å². The maximum atomic E-state index is 12.7. The number of hydrogen-bond donors (Lipinski definition) is 20. The van der Waals surface area contributed by atoms with Crippen molar-refractivity contribution >= 4 is 113 Å². The number of anilines is 11. The number of fused-ring (bicyclic) bond motifs is 5. The van der Waals surface area contributed by atoms with Crippen LogP contribution in [-0.2, 0) is 56.3 Å². The maximum absolute atomic E-state index is 12.7. The first kappa shape index (κ1) is 97.5. The fraction of sp³-hybridized carbons (Fsp3) is 0.293. The lowest BCUT2D eigenvalue weighted by atomic mass is 9.72. The average Bonchev–Trinajstić information content (AvgIpc) is 1.52. The number of hydrazine groups is 1. The van der Waals surface area contributed by atoms with Crippen molar-refractivity contribution in [2.24, 2.45) is 17.3 Å². The van der Waals surface area contributed by atoms with Crippen molar-refractivity contribution in [1.82, 2.24) is 23.5 Å². The van der Waals surface area contributed by atoms with Crippen molar-refractivity contribution in [3.05, 3.63) is 214 Å². The number of hydrogen-bond acceptors (Lipinski definition) is 26. The third-order valence-electron chi connectivity index (χ3n) is 18.7. The first-order valence-electron chi connectivity index (χ1n) is 36.6. The van der Waals surface area contributed by atoms with Crippen molar-refractivity contribution < 1.29 is 49.0 Å². The van der Waals surface area contributed by atoms with Gasteiger partial charge in [-0.3, -0.25) is 11.3 Å². The molecule has 0 aliphatic heterocycles. The molecule has 0 aromatic heterocycles. The minimum atomic E-state index is -3.87. The Labute approximate surface area is 684 Å². The Morgan fingerprint density at radius 1 is 0.397 bits per heavy atom. The average molecular weight is 1680 g/mol. The Hall–Kier alpha value is -10.9. The summed E-state index contributed by atoms with van der Waals surface area (Å²) in [5, 5.41) is 32.9. The summed E-state index contributed by atoms with van der Waals surface area (Å²) in [7, 11) is -7.96. The van der Waals surface area contributed by atoms with E-state index >= 15 is 0 Å². The van der Waals surface area contributed by atoms with Gasteiger partial charge in [0.05, 0.1) is 36.6 Å². The molecule has 116 heavy (non-hydrogen) atoms. The van der Waals surface area contributed by atoms with Crippen molar-refractivity contribution in [2.75, 3.05) is 124 Å². The van der Waals surface area contributed by atoms with Crippen LogP contribution >= 0.6 is 0 Å². The number of phenolic OH excluding ortho intramolecular Hbond substituents is 3. The Morgan fingerprint density at radius 3 is 1.06 bits per heavy atom. The first-order valence-corrected chi connectivity index (χ1v) is 42.4. The summed E-state index contributed by atoms with van der Waals surface area (Å²) in [6, 6.07) is 48.5. The number of likely N-dealkylation sites (N-methyl/N-ethyl adjacent to an activating group) is 2. The molecule has 1 unspecified atom stereocenters. The van der Waals surface area contributed by atoms with Gasteiger partial charge < -0.3 is 89.9 Å². The van der Waals surface area contributed by atoms with Gasteiger partial charge in [-0.25, -0.2) is 43.1 Å². The summed E-state index contributed by atoms with van der Waals surface area (Å²) < 4.78 is 106. The highest BCUT2D eigenvalue weighted by molar-refractivity contribution is 7.90. The molecule has 0 saturated heterocycles. The molecule has 0 radical (unpaired) electrons. The number of aromatic hydroxyl groups is 3. The highest BCUT2D eigenvalue weighted by Gasteiger charge is 2.56. The molecule has 30 nitrogen and oxygen atoms in total. The number of nitrogens with one attached hydrogen (secondary N) is 3. The lowest BCUT2D eigenvalue weighted by Crippen LogP contribution is -2.37. The highest BCUT2D eigenvalue weighted by atomic mass is 32.2. The molecule has 2 aliphatic carbocycles. The Kier molecular flexibility index (Phi) is 34.6. The number of phenols is 3. The molecule has 0 fully saturated rings. The molecule has 1 spiro atoms. The van der Waals surface area contributed by atoms with Crippen LogP contribution in [0, 0.1) is 27.7 Å². The molecule has 0 heterocycles. The highest BCUT2D eigenvalue weighted by Crippen LogP contribution is 2.64. The largest absolute Gasteiger partial charge is 0.508 e. The van der Waals surface area contributed by atoms with Crippen LogP contribution in [0.2, 0.25) is 0 Å². The van der Waals surface area contributed by atoms with Crippen LogP contribution in [0.4, 0.5) is 62.6 Å². The van der Waals surface area contributed by atoms with Gasteiger partial charge >= 0.3 is 0 Å². The van der Waals surface area contributed by atoms with E-state index in [9.17, 15) is 49.0 Å². The van der Waals surface area contributed by atoms with Crippen LogP contribution in [0.15, 0.2) is 189 Å². The molecular formula is C82H119N19O11S4. The van der Waals surface area contributed by atoms with Crippen LogP contribution in [0.3, 0.4) is 0 Å². The fourth-order valence-corrected chi connectivity index (χ4v) is 18.1. The second kappa shape index (κ2) is 41.1. The van der Waals surface area contributed by atoms with E-state index in [1.165, 1.54) is 122 Å². The number of rotatable bonds is 15. The van der Waals surface area contributed by atoms with Crippen LogP contribution in [0.5, 0.6) is 17.2 Å². The van der Waals surface area contributed by atoms with E-state index in [-0.39, 0.29) is 108 Å². The molecule has 632 valence electrons. The molecule has 12 rings (SSSR count). The Morgan fingerprint density at radius 2 is 0.698 bits per heavy atom. The number of nitrogens with zero attached hydrogens (tertiary/aromatic N) is 2. The van der Waals surface area contributed by atoms with Crippen molar-refractivity contribution in [2.45, 2.75) is 118 Å². The normalized spacial score (nSPS) is 14.0. The third-order valence-corrected chi connectivity index (χ3v) is 25.2. The molecule has 34 heteroatoms. The van der Waals surface area contributed by atoms with Gasteiger partial charge in [0.2, 0.25) is 40.1 Å². The summed E-state index contributed by atoms with van der Waals surface area (Å²) in [6.45, 7) is 19.9. The van der Waals surface area contributed by atoms with Crippen LogP contribution in [0.25, 0.3) is 21.9 Å². The number of nitrogen functional groups attached to an aromatic ring is 11. The van der Waals surface area contributed by atoms with E-state index in [1.807, 2.05) is 45.9 Å². The van der Waals surface area contributed by atoms with Gasteiger partial charge in [-0.15, -0.1) is 0 Å². The Bertz CT molecular complexity index is 5050. The number of benzene rings is 10. The lowest BCUT2D eigenvalue weighted by Gasteiger charge is -2.30. The predicted molar refractivity (Wildman–Crippen MR) is 478 cm³/mol. The summed E-state index contributed by atoms with van der Waals surface area (Å²) in [5.74, 6) is 4.99. The van der Waals surface area contributed by atoms with Gasteiger partial charge in [-0.2, -0.15) is 8.61 Å². The molecule has 1 atom stereocenters. The summed E-state index contributed by atoms with van der Waals surface area (Å²) >= 11 is 0. The zero-order chi connectivity index (χ0) is 88.1. The topological polar surface area (TPSA) is 604 Å². The second-order valence-corrected chi connectivity index (χ2v) is 36.2. The van der Waals surface area contributed by atoms with Crippen molar-refractivity contribution in [3.8, 4) is 28.4 Å². The zero-order valence-corrected chi connectivity index (χ0v) is 71.9. The van der Waals surface area contributed by atoms with Gasteiger partial charge in [-0.05, 0) is 254 Å². The van der Waals surface area contributed by atoms with E-state index in [2.05, 4.69) is 114 Å². The molecular weight excluding hydrogens is 1560 g/mol. The van der Waals surface area contributed by atoms with Gasteiger partial charge in [0.1, 0.15) is 11.5 Å². The molecule has 34 N–H and O–H groups in total. The summed E-state index contributed by atoms with van der Waals surface area (Å²) in [5.41, 5.74) is 87.3. The van der Waals surface area contributed by atoms with E-state index in [0.717, 1.165) is 43.7 Å². The number of nitrogens with two attached hydrogens (primary N) is 14. The second-order valence-electron chi connectivity index (χ2n) is 28.5. The van der Waals surface area contributed by atoms with Gasteiger partial charge in [-0.1, -0.05) is 96.1 Å². The van der Waals surface area contributed by atoms with Gasteiger partial charge in [0.25, 0.3) is 0 Å². The minimum absolute atomic E-state index is 0.0152. The fourth-order valence-electron chi connectivity index (χ4n) is 13.3. The first-order chi connectivity index (χ1) is 54.1. The van der Waals surface area contributed by atoms with Crippen molar-refractivity contribution in [1.29, 1.82) is 0 Å². The smallest absolute Gasteiger partial charge is 0.243 e. The number of aryl methyl sites for hydroxylation is 3. The van der Waals surface area contributed by atoms with Crippen molar-refractivity contribution in [3.63, 3.8) is 0 Å². The monoisotopic (exact) mass is 1670 g/mol. The molecule has 0 saturated carbocycles. The van der Waals surface area contributed by atoms with E-state index in [4.69, 9.17) is 63.1 Å². The molecule has 0 amide bonds. The lowest BCUT2D eigenvalue weighted by molar-refractivity contribution is 0.348.